The van der Waals surface area contributed by atoms with Gasteiger partial charge in [0, 0.05) is 19.0 Å². The molecule has 2 heterocycles. The number of alkyl halides is 3. The van der Waals surface area contributed by atoms with Crippen LogP contribution in [0.4, 0.5) is 19.0 Å². The number of rotatable bonds is 4. The van der Waals surface area contributed by atoms with Gasteiger partial charge in [-0.3, -0.25) is 0 Å². The molecule has 6 nitrogen and oxygen atoms in total. The van der Waals surface area contributed by atoms with E-state index >= 15 is 0 Å². The molecule has 10 heteroatoms. The third-order valence-corrected chi connectivity index (χ3v) is 2.19. The van der Waals surface area contributed by atoms with Gasteiger partial charge in [-0.25, -0.2) is 9.97 Å². The fraction of sp³-hybridized carbons (Fsp3) is 0.333. The van der Waals surface area contributed by atoms with Crippen molar-refractivity contribution in [3.63, 3.8) is 0 Å². The van der Waals surface area contributed by atoms with Crippen molar-refractivity contribution < 1.29 is 17.7 Å². The van der Waals surface area contributed by atoms with Gasteiger partial charge in [0.1, 0.15) is 11.0 Å². The zero-order chi connectivity index (χ0) is 13.9. The van der Waals surface area contributed by atoms with Crippen molar-refractivity contribution in [2.75, 3.05) is 11.9 Å². The van der Waals surface area contributed by atoms with E-state index in [1.165, 1.54) is 12.4 Å². The van der Waals surface area contributed by atoms with Gasteiger partial charge in [-0.2, -0.15) is 18.2 Å². The summed E-state index contributed by atoms with van der Waals surface area (Å²) in [6.07, 6.45) is -3.06. The third-order valence-electron chi connectivity index (χ3n) is 2.00. The number of nitrogens with one attached hydrogen (secondary N) is 1. The summed E-state index contributed by atoms with van der Waals surface area (Å²) < 4.78 is 42.1. The molecule has 0 unspecified atom stereocenters. The van der Waals surface area contributed by atoms with E-state index in [0.717, 1.165) is 0 Å². The van der Waals surface area contributed by atoms with Gasteiger partial charge in [-0.1, -0.05) is 16.8 Å². The highest BCUT2D eigenvalue weighted by Gasteiger charge is 2.35. The summed E-state index contributed by atoms with van der Waals surface area (Å²) in [6, 6.07) is 1.20. The van der Waals surface area contributed by atoms with Crippen molar-refractivity contribution in [2.45, 2.75) is 12.6 Å². The summed E-state index contributed by atoms with van der Waals surface area (Å²) in [5, 5.41) is 5.78. The summed E-state index contributed by atoms with van der Waals surface area (Å²) in [5.74, 6) is -0.948. The average molecular weight is 294 g/mol. The van der Waals surface area contributed by atoms with E-state index in [2.05, 4.69) is 25.4 Å². The number of nitrogens with zero attached hydrogens (tertiary/aromatic N) is 4. The lowest BCUT2D eigenvalue weighted by atomic mass is 10.4. The molecule has 0 spiro atoms. The zero-order valence-electron chi connectivity index (χ0n) is 9.28. The Morgan fingerprint density at radius 2 is 2.11 bits per heavy atom. The van der Waals surface area contributed by atoms with Gasteiger partial charge in [-0.15, -0.1) is 0 Å². The van der Waals surface area contributed by atoms with Crippen molar-refractivity contribution in [2.24, 2.45) is 0 Å². The largest absolute Gasteiger partial charge is 0.451 e. The fourth-order valence-corrected chi connectivity index (χ4v) is 1.42. The van der Waals surface area contributed by atoms with Crippen LogP contribution in [-0.2, 0) is 12.6 Å². The van der Waals surface area contributed by atoms with Crippen molar-refractivity contribution in [3.05, 3.63) is 29.3 Å². The van der Waals surface area contributed by atoms with E-state index < -0.39 is 12.0 Å². The number of aromatic nitrogens is 4. The molecule has 0 aliphatic rings. The van der Waals surface area contributed by atoms with Crippen LogP contribution in [0.1, 0.15) is 11.7 Å². The lowest BCUT2D eigenvalue weighted by Gasteiger charge is -2.08. The lowest BCUT2D eigenvalue weighted by Crippen LogP contribution is -2.14. The second-order valence-electron chi connectivity index (χ2n) is 3.41. The summed E-state index contributed by atoms with van der Waals surface area (Å²) in [6.45, 7) is 0.271. The second kappa shape index (κ2) is 5.39. The molecule has 0 fully saturated rings. The van der Waals surface area contributed by atoms with Crippen LogP contribution in [0.5, 0.6) is 0 Å². The van der Waals surface area contributed by atoms with Crippen molar-refractivity contribution in [1.29, 1.82) is 0 Å². The van der Waals surface area contributed by atoms with Crippen LogP contribution in [0.15, 0.2) is 16.9 Å². The maximum absolute atomic E-state index is 12.4. The standard InChI is InChI=1S/C9H7ClF3N5O/c10-5-3-6(18-8(17-5)9(11,12)13)14-2-1-7-15-4-16-19-7/h3-4H,1-2H2,(H,14,17,18). The Morgan fingerprint density at radius 3 is 2.74 bits per heavy atom. The molecule has 2 rings (SSSR count). The first kappa shape index (κ1) is 13.5. The van der Waals surface area contributed by atoms with E-state index in [1.807, 2.05) is 0 Å². The molecule has 0 aliphatic heterocycles. The molecule has 0 bridgehead atoms. The molecule has 0 saturated heterocycles. The predicted molar refractivity (Wildman–Crippen MR) is 58.5 cm³/mol. The highest BCUT2D eigenvalue weighted by Crippen LogP contribution is 2.28. The van der Waals surface area contributed by atoms with E-state index in [-0.39, 0.29) is 17.5 Å². The Balaban J connectivity index is 2.02. The number of hydrogen-bond acceptors (Lipinski definition) is 6. The van der Waals surface area contributed by atoms with Crippen molar-refractivity contribution in [1.82, 2.24) is 20.1 Å². The molecule has 2 aromatic heterocycles. The number of anilines is 1. The SMILES string of the molecule is FC(F)(F)c1nc(Cl)cc(NCCc2ncno2)n1. The quantitative estimate of drug-likeness (QED) is 0.871. The highest BCUT2D eigenvalue weighted by molar-refractivity contribution is 6.29. The van der Waals surface area contributed by atoms with Gasteiger partial charge in [0.25, 0.3) is 0 Å². The summed E-state index contributed by atoms with van der Waals surface area (Å²) in [4.78, 5) is 10.2. The van der Waals surface area contributed by atoms with Gasteiger partial charge in [-0.05, 0) is 0 Å². The molecule has 0 aliphatic carbocycles. The fourth-order valence-electron chi connectivity index (χ4n) is 1.24. The smallest absolute Gasteiger partial charge is 0.369 e. The molecule has 0 amide bonds. The number of hydrogen-bond donors (Lipinski definition) is 1. The summed E-state index contributed by atoms with van der Waals surface area (Å²) >= 11 is 5.50. The topological polar surface area (TPSA) is 76.7 Å². The van der Waals surface area contributed by atoms with E-state index in [1.54, 1.807) is 0 Å². The van der Waals surface area contributed by atoms with Crippen molar-refractivity contribution >= 4 is 17.4 Å². The Hall–Kier alpha value is -1.90. The van der Waals surface area contributed by atoms with E-state index in [4.69, 9.17) is 16.1 Å². The van der Waals surface area contributed by atoms with Gasteiger partial charge in [0.2, 0.25) is 11.7 Å². The summed E-state index contributed by atoms with van der Waals surface area (Å²) in [5.41, 5.74) is 0. The Bertz CT molecular complexity index is 545. The minimum absolute atomic E-state index is 0.0214. The highest BCUT2D eigenvalue weighted by atomic mass is 35.5. The minimum Gasteiger partial charge on any atom is -0.369 e. The molecule has 102 valence electrons. The lowest BCUT2D eigenvalue weighted by molar-refractivity contribution is -0.144. The predicted octanol–water partition coefficient (Wildman–Crippen LogP) is 2.19. The molecule has 0 saturated carbocycles. The van der Waals surface area contributed by atoms with Crippen LogP contribution in [-0.4, -0.2) is 26.7 Å². The van der Waals surface area contributed by atoms with Crippen LogP contribution in [0, 0.1) is 0 Å². The average Bonchev–Trinajstić information content (AvgIpc) is 2.80. The first-order valence-electron chi connectivity index (χ1n) is 5.06. The van der Waals surface area contributed by atoms with Gasteiger partial charge in [0.15, 0.2) is 6.33 Å². The monoisotopic (exact) mass is 293 g/mol. The Morgan fingerprint density at radius 1 is 1.32 bits per heavy atom. The molecular weight excluding hydrogens is 287 g/mol. The maximum atomic E-state index is 12.4. The van der Waals surface area contributed by atoms with Gasteiger partial charge >= 0.3 is 6.18 Å². The Labute approximate surface area is 110 Å². The summed E-state index contributed by atoms with van der Waals surface area (Å²) in [7, 11) is 0. The second-order valence-corrected chi connectivity index (χ2v) is 3.80. The normalized spacial score (nSPS) is 11.6. The zero-order valence-corrected chi connectivity index (χ0v) is 10.0. The van der Waals surface area contributed by atoms with Crippen LogP contribution in [0.25, 0.3) is 0 Å². The first-order chi connectivity index (χ1) is 8.95. The minimum atomic E-state index is -4.65. The van der Waals surface area contributed by atoms with Crippen LogP contribution in [0.2, 0.25) is 5.15 Å². The van der Waals surface area contributed by atoms with E-state index in [0.29, 0.717) is 12.3 Å². The molecular formula is C9H7ClF3N5O. The molecule has 0 radical (unpaired) electrons. The van der Waals surface area contributed by atoms with Crippen LogP contribution >= 0.6 is 11.6 Å². The van der Waals surface area contributed by atoms with Gasteiger partial charge < -0.3 is 9.84 Å². The van der Waals surface area contributed by atoms with Crippen LogP contribution < -0.4 is 5.32 Å². The first-order valence-corrected chi connectivity index (χ1v) is 5.44. The number of halogens is 4. The van der Waals surface area contributed by atoms with Crippen molar-refractivity contribution in [3.8, 4) is 0 Å². The van der Waals surface area contributed by atoms with E-state index in [9.17, 15) is 13.2 Å². The molecule has 0 atom stereocenters. The molecule has 19 heavy (non-hydrogen) atoms. The van der Waals surface area contributed by atoms with Gasteiger partial charge in [0.05, 0.1) is 0 Å². The third kappa shape index (κ3) is 3.78. The molecule has 2 aromatic rings. The molecule has 1 N–H and O–H groups in total. The molecule has 0 aromatic carbocycles. The Kier molecular flexibility index (Phi) is 3.84. The van der Waals surface area contributed by atoms with Crippen LogP contribution in [0.3, 0.4) is 0 Å². The maximum Gasteiger partial charge on any atom is 0.451 e.